The molecule has 190 valence electrons. The van der Waals surface area contributed by atoms with Crippen molar-refractivity contribution in [1.29, 1.82) is 0 Å². The molecule has 0 aliphatic carbocycles. The summed E-state index contributed by atoms with van der Waals surface area (Å²) in [6, 6.07) is 31.9. The van der Waals surface area contributed by atoms with Gasteiger partial charge in [0.1, 0.15) is 12.3 Å². The largest absolute Gasteiger partial charge is 0.495 e. The normalized spacial score (nSPS) is 11.1. The Bertz CT molecular complexity index is 1390. The van der Waals surface area contributed by atoms with E-state index in [0.29, 0.717) is 18.1 Å². The van der Waals surface area contributed by atoms with Crippen molar-refractivity contribution < 1.29 is 17.9 Å². The summed E-state index contributed by atoms with van der Waals surface area (Å²) in [5, 5.41) is 0.321. The predicted octanol–water partition coefficient (Wildman–Crippen LogP) is 5.77. The number of sulfonamides is 1. The highest BCUT2D eigenvalue weighted by atomic mass is 35.5. The highest BCUT2D eigenvalue weighted by Crippen LogP contribution is 2.35. The smallest absolute Gasteiger partial charge is 0.264 e. The fraction of sp³-hybridized carbons (Fsp3) is 0.138. The standard InChI is InChI=1S/C29H27ClN2O4S/c1-36-28-18-17-25(30)19-27(28)32(37(34,35)26-15-9-4-10-16-26)22-29(33)31(20-23-11-5-2-6-12-23)21-24-13-7-3-8-14-24/h2-19H,20-22H2,1H3. The van der Waals surface area contributed by atoms with Gasteiger partial charge in [-0.15, -0.1) is 0 Å². The molecular formula is C29H27ClN2O4S. The molecule has 8 heteroatoms. The molecule has 1 amide bonds. The minimum absolute atomic E-state index is 0.0579. The number of halogens is 1. The average molecular weight is 535 g/mol. The van der Waals surface area contributed by atoms with Crippen molar-refractivity contribution in [3.63, 3.8) is 0 Å². The highest BCUT2D eigenvalue weighted by molar-refractivity contribution is 7.92. The quantitative estimate of drug-likeness (QED) is 0.259. The summed E-state index contributed by atoms with van der Waals surface area (Å²) < 4.78 is 34.2. The molecule has 4 rings (SSSR count). The molecule has 0 N–H and O–H groups in total. The van der Waals surface area contributed by atoms with Crippen LogP contribution in [0.4, 0.5) is 5.69 Å². The number of methoxy groups -OCH3 is 1. The lowest BCUT2D eigenvalue weighted by molar-refractivity contribution is -0.130. The Morgan fingerprint density at radius 3 is 1.81 bits per heavy atom. The van der Waals surface area contributed by atoms with Gasteiger partial charge in [0.2, 0.25) is 5.91 Å². The van der Waals surface area contributed by atoms with E-state index in [2.05, 4.69) is 0 Å². The summed E-state index contributed by atoms with van der Waals surface area (Å²) in [5.74, 6) is -0.0800. The number of anilines is 1. The number of ether oxygens (including phenoxy) is 1. The molecule has 0 saturated heterocycles. The molecule has 4 aromatic rings. The number of hydrogen-bond donors (Lipinski definition) is 0. The fourth-order valence-corrected chi connectivity index (χ4v) is 5.54. The predicted molar refractivity (Wildman–Crippen MR) is 146 cm³/mol. The maximum absolute atomic E-state index is 13.8. The summed E-state index contributed by atoms with van der Waals surface area (Å²) in [6.07, 6.45) is 0. The van der Waals surface area contributed by atoms with Gasteiger partial charge in [0, 0.05) is 18.1 Å². The van der Waals surface area contributed by atoms with Crippen LogP contribution < -0.4 is 9.04 Å². The van der Waals surface area contributed by atoms with Crippen LogP contribution in [0.1, 0.15) is 11.1 Å². The molecule has 0 saturated carbocycles. The molecule has 0 heterocycles. The second kappa shape index (κ2) is 12.0. The second-order valence-electron chi connectivity index (χ2n) is 8.36. The third-order valence-corrected chi connectivity index (χ3v) is 7.81. The van der Waals surface area contributed by atoms with Crippen LogP contribution in [0.3, 0.4) is 0 Å². The van der Waals surface area contributed by atoms with Gasteiger partial charge in [-0.05, 0) is 41.5 Å². The molecule has 0 radical (unpaired) electrons. The SMILES string of the molecule is COc1ccc(Cl)cc1N(CC(=O)N(Cc1ccccc1)Cc1ccccc1)S(=O)(=O)c1ccccc1. The average Bonchev–Trinajstić information content (AvgIpc) is 2.93. The van der Waals surface area contributed by atoms with Crippen LogP contribution >= 0.6 is 11.6 Å². The molecule has 0 spiro atoms. The molecule has 0 aliphatic heterocycles. The minimum atomic E-state index is -4.13. The number of carbonyl (C=O) groups excluding carboxylic acids is 1. The summed E-state index contributed by atoms with van der Waals surface area (Å²) in [7, 11) is -2.69. The number of rotatable bonds is 10. The van der Waals surface area contributed by atoms with Gasteiger partial charge in [-0.2, -0.15) is 0 Å². The fourth-order valence-electron chi connectivity index (χ4n) is 3.94. The molecule has 37 heavy (non-hydrogen) atoms. The third kappa shape index (κ3) is 6.50. The topological polar surface area (TPSA) is 66.9 Å². The van der Waals surface area contributed by atoms with Crippen molar-refractivity contribution in [2.24, 2.45) is 0 Å². The number of hydrogen-bond acceptors (Lipinski definition) is 4. The van der Waals surface area contributed by atoms with Gasteiger partial charge >= 0.3 is 0 Å². The Kier molecular flexibility index (Phi) is 8.48. The van der Waals surface area contributed by atoms with E-state index >= 15 is 0 Å². The second-order valence-corrected chi connectivity index (χ2v) is 10.7. The van der Waals surface area contributed by atoms with Crippen molar-refractivity contribution in [2.45, 2.75) is 18.0 Å². The number of carbonyl (C=O) groups is 1. The molecule has 0 fully saturated rings. The van der Waals surface area contributed by atoms with Crippen LogP contribution in [-0.2, 0) is 27.9 Å². The Morgan fingerprint density at radius 2 is 1.30 bits per heavy atom. The van der Waals surface area contributed by atoms with Gasteiger partial charge in [-0.1, -0.05) is 90.5 Å². The number of benzene rings is 4. The lowest BCUT2D eigenvalue weighted by Crippen LogP contribution is -2.42. The first kappa shape index (κ1) is 26.3. The van der Waals surface area contributed by atoms with E-state index in [4.69, 9.17) is 16.3 Å². The van der Waals surface area contributed by atoms with Crippen LogP contribution in [0.15, 0.2) is 114 Å². The maximum atomic E-state index is 13.8. The zero-order valence-corrected chi connectivity index (χ0v) is 21.9. The lowest BCUT2D eigenvalue weighted by atomic mass is 10.1. The summed E-state index contributed by atoms with van der Waals surface area (Å²) in [4.78, 5) is 15.6. The Morgan fingerprint density at radius 1 is 0.784 bits per heavy atom. The minimum Gasteiger partial charge on any atom is -0.495 e. The maximum Gasteiger partial charge on any atom is 0.264 e. The van der Waals surface area contributed by atoms with Gasteiger partial charge in [-0.25, -0.2) is 8.42 Å². The van der Waals surface area contributed by atoms with Crippen molar-refractivity contribution in [1.82, 2.24) is 4.90 Å². The van der Waals surface area contributed by atoms with Gasteiger partial charge < -0.3 is 9.64 Å². The van der Waals surface area contributed by atoms with E-state index in [9.17, 15) is 13.2 Å². The highest BCUT2D eigenvalue weighted by Gasteiger charge is 2.31. The van der Waals surface area contributed by atoms with Crippen molar-refractivity contribution in [3.8, 4) is 5.75 Å². The molecular weight excluding hydrogens is 508 g/mol. The van der Waals surface area contributed by atoms with Crippen molar-refractivity contribution in [3.05, 3.63) is 125 Å². The lowest BCUT2D eigenvalue weighted by Gasteiger charge is -2.29. The number of amides is 1. The first-order valence-corrected chi connectivity index (χ1v) is 13.5. The molecule has 6 nitrogen and oxygen atoms in total. The first-order chi connectivity index (χ1) is 17.9. The van der Waals surface area contributed by atoms with Crippen LogP contribution in [0.5, 0.6) is 5.75 Å². The van der Waals surface area contributed by atoms with E-state index in [1.54, 1.807) is 35.2 Å². The molecule has 0 aliphatic rings. The Balaban J connectivity index is 1.75. The number of nitrogens with zero attached hydrogens (tertiary/aromatic N) is 2. The monoisotopic (exact) mass is 534 g/mol. The van der Waals surface area contributed by atoms with Crippen molar-refractivity contribution >= 4 is 33.2 Å². The van der Waals surface area contributed by atoms with E-state index < -0.39 is 16.6 Å². The summed E-state index contributed by atoms with van der Waals surface area (Å²) >= 11 is 6.26. The summed E-state index contributed by atoms with van der Waals surface area (Å²) in [6.45, 7) is 0.203. The van der Waals surface area contributed by atoms with Crippen LogP contribution in [0.25, 0.3) is 0 Å². The van der Waals surface area contributed by atoms with Gasteiger partial charge in [0.15, 0.2) is 0 Å². The van der Waals surface area contributed by atoms with Gasteiger partial charge in [0.05, 0.1) is 17.7 Å². The first-order valence-electron chi connectivity index (χ1n) is 11.7. The van der Waals surface area contributed by atoms with Crippen LogP contribution in [-0.4, -0.2) is 32.9 Å². The Hall–Kier alpha value is -3.81. The van der Waals surface area contributed by atoms with Gasteiger partial charge in [-0.3, -0.25) is 9.10 Å². The van der Waals surface area contributed by atoms with E-state index in [1.165, 1.54) is 25.3 Å². The molecule has 0 unspecified atom stereocenters. The van der Waals surface area contributed by atoms with Gasteiger partial charge in [0.25, 0.3) is 10.0 Å². The molecule has 0 aromatic heterocycles. The van der Waals surface area contributed by atoms with E-state index in [1.807, 2.05) is 60.7 Å². The molecule has 0 bridgehead atoms. The molecule has 4 aromatic carbocycles. The zero-order chi connectivity index (χ0) is 26.3. The zero-order valence-electron chi connectivity index (χ0n) is 20.3. The molecule has 0 atom stereocenters. The summed E-state index contributed by atoms with van der Waals surface area (Å²) in [5.41, 5.74) is 2.06. The third-order valence-electron chi connectivity index (χ3n) is 5.80. The van der Waals surface area contributed by atoms with Crippen molar-refractivity contribution in [2.75, 3.05) is 18.0 Å². The van der Waals surface area contributed by atoms with E-state index in [-0.39, 0.29) is 22.2 Å². The van der Waals surface area contributed by atoms with Crippen LogP contribution in [0.2, 0.25) is 5.02 Å². The van der Waals surface area contributed by atoms with Crippen LogP contribution in [0, 0.1) is 0 Å². The Labute approximate surface area is 222 Å². The van der Waals surface area contributed by atoms with E-state index in [0.717, 1.165) is 15.4 Å².